The maximum atomic E-state index is 12.8. The van der Waals surface area contributed by atoms with Gasteiger partial charge in [-0.1, -0.05) is 11.3 Å². The molecule has 0 saturated carbocycles. The Morgan fingerprint density at radius 1 is 1.13 bits per heavy atom. The second kappa shape index (κ2) is 7.58. The minimum Gasteiger partial charge on any atom is -0.486 e. The van der Waals surface area contributed by atoms with Gasteiger partial charge in [-0.3, -0.25) is 10.1 Å². The topological polar surface area (TPSA) is 78.3 Å². The van der Waals surface area contributed by atoms with E-state index in [0.29, 0.717) is 23.2 Å². The summed E-state index contributed by atoms with van der Waals surface area (Å²) in [7, 11) is 1.94. The van der Waals surface area contributed by atoms with Gasteiger partial charge in [0.15, 0.2) is 22.5 Å². The summed E-state index contributed by atoms with van der Waals surface area (Å²) >= 11 is 2.85. The van der Waals surface area contributed by atoms with Crippen LogP contribution in [0.15, 0.2) is 42.7 Å². The van der Waals surface area contributed by atoms with E-state index in [-0.39, 0.29) is 5.91 Å². The molecule has 5 rings (SSSR count). The molecular weight excluding hydrogens is 420 g/mol. The van der Waals surface area contributed by atoms with Crippen molar-refractivity contribution in [2.24, 2.45) is 7.05 Å². The minimum atomic E-state index is -0.177. The SMILES string of the molecule is Cc1nc(NC(=O)c2ccc(-c3ccc4c(c3)OCCO4)s2)sc1-c1nccn1C. The fourth-order valence-corrected chi connectivity index (χ4v) is 5.11. The predicted molar refractivity (Wildman–Crippen MR) is 118 cm³/mol. The molecule has 0 saturated heterocycles. The fraction of sp³-hybridized carbons (Fsp3) is 0.190. The Balaban J connectivity index is 1.35. The van der Waals surface area contributed by atoms with E-state index in [2.05, 4.69) is 15.3 Å². The summed E-state index contributed by atoms with van der Waals surface area (Å²) in [6, 6.07) is 9.60. The van der Waals surface area contributed by atoms with Crippen LogP contribution >= 0.6 is 22.7 Å². The van der Waals surface area contributed by atoms with Gasteiger partial charge in [0.1, 0.15) is 13.2 Å². The molecule has 1 N–H and O–H groups in total. The number of fused-ring (bicyclic) bond motifs is 1. The number of ether oxygens (including phenoxy) is 2. The summed E-state index contributed by atoms with van der Waals surface area (Å²) < 4.78 is 13.2. The summed E-state index contributed by atoms with van der Waals surface area (Å²) in [4.78, 5) is 24.2. The Morgan fingerprint density at radius 2 is 1.97 bits per heavy atom. The summed E-state index contributed by atoms with van der Waals surface area (Å²) in [6.07, 6.45) is 3.63. The Hall–Kier alpha value is -3.17. The molecule has 3 aromatic heterocycles. The van der Waals surface area contributed by atoms with Crippen LogP contribution in [0.5, 0.6) is 11.5 Å². The molecule has 1 amide bonds. The highest BCUT2D eigenvalue weighted by Gasteiger charge is 2.18. The van der Waals surface area contributed by atoms with Gasteiger partial charge in [0, 0.05) is 24.3 Å². The third-order valence-electron chi connectivity index (χ3n) is 4.70. The molecule has 1 aliphatic heterocycles. The van der Waals surface area contributed by atoms with E-state index in [1.54, 1.807) is 6.20 Å². The van der Waals surface area contributed by atoms with Crippen molar-refractivity contribution in [3.05, 3.63) is 53.3 Å². The molecule has 152 valence electrons. The number of benzene rings is 1. The molecule has 0 unspecified atom stereocenters. The molecule has 0 fully saturated rings. The lowest BCUT2D eigenvalue weighted by atomic mass is 10.1. The van der Waals surface area contributed by atoms with E-state index in [4.69, 9.17) is 9.47 Å². The number of imidazole rings is 1. The number of nitrogens with zero attached hydrogens (tertiary/aromatic N) is 3. The van der Waals surface area contributed by atoms with Crippen LogP contribution in [0.2, 0.25) is 0 Å². The predicted octanol–water partition coefficient (Wildman–Crippen LogP) is 4.60. The van der Waals surface area contributed by atoms with Crippen molar-refractivity contribution in [3.63, 3.8) is 0 Å². The monoisotopic (exact) mass is 438 g/mol. The van der Waals surface area contributed by atoms with Gasteiger partial charge < -0.3 is 14.0 Å². The third-order valence-corrected chi connectivity index (χ3v) is 6.90. The van der Waals surface area contributed by atoms with Gasteiger partial charge in [0.25, 0.3) is 5.91 Å². The van der Waals surface area contributed by atoms with Gasteiger partial charge in [-0.15, -0.1) is 11.3 Å². The van der Waals surface area contributed by atoms with Crippen molar-refractivity contribution < 1.29 is 14.3 Å². The first-order chi connectivity index (χ1) is 14.6. The second-order valence-electron chi connectivity index (χ2n) is 6.77. The molecule has 4 heterocycles. The molecular formula is C21H18N4O3S2. The van der Waals surface area contributed by atoms with Crippen LogP contribution in [0.3, 0.4) is 0 Å². The van der Waals surface area contributed by atoms with Gasteiger partial charge >= 0.3 is 0 Å². The van der Waals surface area contributed by atoms with Crippen LogP contribution in [0.25, 0.3) is 21.1 Å². The zero-order chi connectivity index (χ0) is 20.7. The van der Waals surface area contributed by atoms with Crippen LogP contribution in [-0.4, -0.2) is 33.7 Å². The number of nitrogens with one attached hydrogen (secondary N) is 1. The lowest BCUT2D eigenvalue weighted by molar-refractivity contribution is 0.103. The molecule has 0 radical (unpaired) electrons. The number of aryl methyl sites for hydroxylation is 2. The third kappa shape index (κ3) is 3.46. The molecule has 7 nitrogen and oxygen atoms in total. The van der Waals surface area contributed by atoms with Crippen molar-refractivity contribution in [1.82, 2.24) is 14.5 Å². The number of anilines is 1. The van der Waals surface area contributed by atoms with Crippen molar-refractivity contribution >= 4 is 33.7 Å². The Morgan fingerprint density at radius 3 is 2.77 bits per heavy atom. The number of hydrogen-bond acceptors (Lipinski definition) is 7. The number of carbonyl (C=O) groups is 1. The quantitative estimate of drug-likeness (QED) is 0.504. The number of hydrogen-bond donors (Lipinski definition) is 1. The molecule has 30 heavy (non-hydrogen) atoms. The summed E-state index contributed by atoms with van der Waals surface area (Å²) in [5, 5.41) is 3.47. The van der Waals surface area contributed by atoms with E-state index in [1.165, 1.54) is 22.7 Å². The molecule has 9 heteroatoms. The first kappa shape index (κ1) is 18.8. The normalized spacial score (nSPS) is 12.7. The molecule has 0 atom stereocenters. The second-order valence-corrected chi connectivity index (χ2v) is 8.85. The number of thiazole rings is 1. The largest absolute Gasteiger partial charge is 0.486 e. The Kier molecular flexibility index (Phi) is 4.76. The van der Waals surface area contributed by atoms with Crippen molar-refractivity contribution in [2.75, 3.05) is 18.5 Å². The molecule has 1 aliphatic rings. The highest BCUT2D eigenvalue weighted by molar-refractivity contribution is 7.19. The molecule has 0 aliphatic carbocycles. The number of rotatable bonds is 4. The molecule has 4 aromatic rings. The average Bonchev–Trinajstić information content (AvgIpc) is 3.48. The van der Waals surface area contributed by atoms with E-state index in [1.807, 2.05) is 55.1 Å². The minimum absolute atomic E-state index is 0.177. The smallest absolute Gasteiger partial charge is 0.267 e. The maximum absolute atomic E-state index is 12.8. The van der Waals surface area contributed by atoms with Crippen LogP contribution in [-0.2, 0) is 7.05 Å². The summed E-state index contributed by atoms with van der Waals surface area (Å²) in [6.45, 7) is 3.02. The molecule has 1 aromatic carbocycles. The first-order valence-electron chi connectivity index (χ1n) is 9.35. The summed E-state index contributed by atoms with van der Waals surface area (Å²) in [5.74, 6) is 2.15. The van der Waals surface area contributed by atoms with E-state index in [9.17, 15) is 4.79 Å². The first-order valence-corrected chi connectivity index (χ1v) is 11.0. The molecule has 0 bridgehead atoms. The number of thiophene rings is 1. The van der Waals surface area contributed by atoms with E-state index in [0.717, 1.165) is 38.3 Å². The van der Waals surface area contributed by atoms with E-state index < -0.39 is 0 Å². The maximum Gasteiger partial charge on any atom is 0.267 e. The van der Waals surface area contributed by atoms with Gasteiger partial charge in [-0.2, -0.15) is 0 Å². The Bertz CT molecular complexity index is 1240. The van der Waals surface area contributed by atoms with Gasteiger partial charge in [-0.05, 0) is 42.8 Å². The van der Waals surface area contributed by atoms with Crippen molar-refractivity contribution in [1.29, 1.82) is 0 Å². The van der Waals surface area contributed by atoms with Crippen molar-refractivity contribution in [3.8, 4) is 32.6 Å². The molecule has 0 spiro atoms. The lowest BCUT2D eigenvalue weighted by Crippen LogP contribution is -2.15. The number of carbonyl (C=O) groups excluding carboxylic acids is 1. The zero-order valence-corrected chi connectivity index (χ0v) is 18.0. The van der Waals surface area contributed by atoms with Crippen LogP contribution < -0.4 is 14.8 Å². The van der Waals surface area contributed by atoms with Crippen LogP contribution in [0.4, 0.5) is 5.13 Å². The lowest BCUT2D eigenvalue weighted by Gasteiger charge is -2.18. The highest BCUT2D eigenvalue weighted by atomic mass is 32.1. The number of amides is 1. The highest BCUT2D eigenvalue weighted by Crippen LogP contribution is 2.37. The average molecular weight is 439 g/mol. The zero-order valence-electron chi connectivity index (χ0n) is 16.3. The van der Waals surface area contributed by atoms with Gasteiger partial charge in [0.05, 0.1) is 15.4 Å². The number of aromatic nitrogens is 3. The summed E-state index contributed by atoms with van der Waals surface area (Å²) in [5.41, 5.74) is 1.83. The van der Waals surface area contributed by atoms with Gasteiger partial charge in [-0.25, -0.2) is 9.97 Å². The van der Waals surface area contributed by atoms with Crippen LogP contribution in [0, 0.1) is 6.92 Å². The fourth-order valence-electron chi connectivity index (χ4n) is 3.21. The standard InChI is InChI=1S/C21H18N4O3S2/c1-12-18(19-22-7-8-25(19)2)30-21(23-12)24-20(26)17-6-5-16(29-17)13-3-4-14-15(11-13)28-10-9-27-14/h3-8,11H,9-10H2,1-2H3,(H,23,24,26). The van der Waals surface area contributed by atoms with Crippen molar-refractivity contribution in [2.45, 2.75) is 6.92 Å². The van der Waals surface area contributed by atoms with Gasteiger partial charge in [0.2, 0.25) is 0 Å². The Labute approximate surface area is 180 Å². The van der Waals surface area contributed by atoms with E-state index >= 15 is 0 Å². The van der Waals surface area contributed by atoms with Crippen LogP contribution in [0.1, 0.15) is 15.4 Å².